The van der Waals surface area contributed by atoms with Gasteiger partial charge in [-0.15, -0.1) is 0 Å². The minimum atomic E-state index is -3.62. The fraction of sp³-hybridized carbons (Fsp3) is 0.368. The van der Waals surface area contributed by atoms with E-state index in [2.05, 4.69) is 14.7 Å². The Balaban J connectivity index is 1.66. The number of nitrogens with zero attached hydrogens (tertiary/aromatic N) is 3. The molecule has 9 nitrogen and oxygen atoms in total. The van der Waals surface area contributed by atoms with Crippen LogP contribution < -0.4 is 9.46 Å². The molecule has 0 saturated carbocycles. The van der Waals surface area contributed by atoms with E-state index in [-0.39, 0.29) is 24.6 Å². The van der Waals surface area contributed by atoms with Gasteiger partial charge < -0.3 is 14.2 Å². The van der Waals surface area contributed by atoms with Crippen LogP contribution in [0.1, 0.15) is 5.56 Å². The lowest BCUT2D eigenvalue weighted by Crippen LogP contribution is -2.27. The average molecular weight is 420 g/mol. The standard InChI is InChI=1S/C19H24N4O5S/c20-23-21-10-12-26-14-15-27-13-11-22-29(24,25)19-8-6-18(7-9-19)28-16-17-4-2-1-3-5-17/h1-9,22H,10-16H2. The van der Waals surface area contributed by atoms with Crippen LogP contribution in [0, 0.1) is 0 Å². The highest BCUT2D eigenvalue weighted by molar-refractivity contribution is 7.89. The number of rotatable bonds is 14. The molecule has 0 spiro atoms. The summed E-state index contributed by atoms with van der Waals surface area (Å²) in [5.41, 5.74) is 9.14. The Bertz CT molecular complexity index is 869. The van der Waals surface area contributed by atoms with E-state index in [0.717, 1.165) is 5.56 Å². The van der Waals surface area contributed by atoms with Crippen molar-refractivity contribution in [1.29, 1.82) is 0 Å². The molecule has 0 radical (unpaired) electrons. The lowest BCUT2D eigenvalue weighted by Gasteiger charge is -2.09. The van der Waals surface area contributed by atoms with Crippen molar-refractivity contribution >= 4 is 10.0 Å². The molecule has 1 N–H and O–H groups in total. The molecule has 0 atom stereocenters. The first-order valence-electron chi connectivity index (χ1n) is 9.04. The molecule has 0 aliphatic carbocycles. The number of azide groups is 1. The van der Waals surface area contributed by atoms with Gasteiger partial charge in [0.1, 0.15) is 12.4 Å². The molecule has 0 saturated heterocycles. The van der Waals surface area contributed by atoms with Crippen molar-refractivity contribution in [3.05, 3.63) is 70.6 Å². The molecule has 0 unspecified atom stereocenters. The highest BCUT2D eigenvalue weighted by Crippen LogP contribution is 2.17. The van der Waals surface area contributed by atoms with Crippen molar-refractivity contribution in [2.75, 3.05) is 39.5 Å². The number of sulfonamides is 1. The van der Waals surface area contributed by atoms with Crippen molar-refractivity contribution in [3.63, 3.8) is 0 Å². The molecule has 0 bridgehead atoms. The Hall–Kier alpha value is -2.62. The van der Waals surface area contributed by atoms with E-state index in [4.69, 9.17) is 19.7 Å². The predicted octanol–water partition coefficient (Wildman–Crippen LogP) is 2.89. The van der Waals surface area contributed by atoms with Crippen LogP contribution in [0.4, 0.5) is 0 Å². The van der Waals surface area contributed by atoms with E-state index >= 15 is 0 Å². The quantitative estimate of drug-likeness (QED) is 0.218. The van der Waals surface area contributed by atoms with E-state index in [1.165, 1.54) is 12.1 Å². The molecule has 10 heteroatoms. The molecular weight excluding hydrogens is 396 g/mol. The van der Waals surface area contributed by atoms with Crippen molar-refractivity contribution in [2.24, 2.45) is 5.11 Å². The molecule has 0 heterocycles. The second-order valence-corrected chi connectivity index (χ2v) is 7.59. The summed E-state index contributed by atoms with van der Waals surface area (Å²) < 4.78 is 43.2. The second kappa shape index (κ2) is 12.8. The molecule has 0 aliphatic heterocycles. The SMILES string of the molecule is [N-]=[N+]=NCCOCCOCCNS(=O)(=O)c1ccc(OCc2ccccc2)cc1. The van der Waals surface area contributed by atoms with Gasteiger partial charge in [0.05, 0.1) is 31.3 Å². The van der Waals surface area contributed by atoms with Gasteiger partial charge in [0, 0.05) is 18.0 Å². The Morgan fingerprint density at radius 1 is 0.931 bits per heavy atom. The Morgan fingerprint density at radius 2 is 1.62 bits per heavy atom. The van der Waals surface area contributed by atoms with Crippen LogP contribution in [-0.4, -0.2) is 47.9 Å². The third-order valence-electron chi connectivity index (χ3n) is 3.69. The molecule has 29 heavy (non-hydrogen) atoms. The third kappa shape index (κ3) is 8.95. The smallest absolute Gasteiger partial charge is 0.240 e. The minimum Gasteiger partial charge on any atom is -0.489 e. The molecule has 2 aromatic rings. The van der Waals surface area contributed by atoms with Crippen LogP contribution in [0.3, 0.4) is 0 Å². The molecule has 156 valence electrons. The fourth-order valence-electron chi connectivity index (χ4n) is 2.26. The first kappa shape index (κ1) is 22.7. The zero-order valence-electron chi connectivity index (χ0n) is 15.9. The van der Waals surface area contributed by atoms with Crippen molar-refractivity contribution in [3.8, 4) is 5.75 Å². The highest BCUT2D eigenvalue weighted by Gasteiger charge is 2.13. The lowest BCUT2D eigenvalue weighted by atomic mass is 10.2. The summed E-state index contributed by atoms with van der Waals surface area (Å²) in [7, 11) is -3.62. The minimum absolute atomic E-state index is 0.146. The fourth-order valence-corrected chi connectivity index (χ4v) is 3.27. The van der Waals surface area contributed by atoms with Gasteiger partial charge in [-0.3, -0.25) is 0 Å². The van der Waals surface area contributed by atoms with Crippen LogP contribution in [0.15, 0.2) is 64.6 Å². The maximum absolute atomic E-state index is 12.3. The number of ether oxygens (including phenoxy) is 3. The lowest BCUT2D eigenvalue weighted by molar-refractivity contribution is 0.0531. The number of hydrogen-bond acceptors (Lipinski definition) is 6. The maximum atomic E-state index is 12.3. The summed E-state index contributed by atoms with van der Waals surface area (Å²) in [5.74, 6) is 0.594. The van der Waals surface area contributed by atoms with Crippen LogP contribution in [0.5, 0.6) is 5.75 Å². The Labute approximate surface area is 170 Å². The van der Waals surface area contributed by atoms with Crippen molar-refractivity contribution in [2.45, 2.75) is 11.5 Å². The van der Waals surface area contributed by atoms with Crippen LogP contribution in [-0.2, 0) is 26.1 Å². The third-order valence-corrected chi connectivity index (χ3v) is 5.17. The van der Waals surface area contributed by atoms with E-state index in [1.807, 2.05) is 30.3 Å². The van der Waals surface area contributed by atoms with Gasteiger partial charge in [-0.2, -0.15) is 0 Å². The summed E-state index contributed by atoms with van der Waals surface area (Å²) >= 11 is 0. The zero-order valence-corrected chi connectivity index (χ0v) is 16.8. The summed E-state index contributed by atoms with van der Waals surface area (Å²) in [6.07, 6.45) is 0. The van der Waals surface area contributed by atoms with E-state index in [9.17, 15) is 8.42 Å². The van der Waals surface area contributed by atoms with Gasteiger partial charge in [0.15, 0.2) is 0 Å². The molecule has 0 aromatic heterocycles. The van der Waals surface area contributed by atoms with E-state index in [1.54, 1.807) is 12.1 Å². The number of hydrogen-bond donors (Lipinski definition) is 1. The first-order valence-corrected chi connectivity index (χ1v) is 10.5. The Kier molecular flexibility index (Phi) is 9.98. The topological polar surface area (TPSA) is 123 Å². The van der Waals surface area contributed by atoms with Crippen LogP contribution >= 0.6 is 0 Å². The molecule has 0 aliphatic rings. The van der Waals surface area contributed by atoms with Crippen LogP contribution in [0.2, 0.25) is 0 Å². The van der Waals surface area contributed by atoms with Gasteiger partial charge >= 0.3 is 0 Å². The summed E-state index contributed by atoms with van der Waals surface area (Å²) in [6.45, 7) is 2.05. The summed E-state index contributed by atoms with van der Waals surface area (Å²) in [5, 5.41) is 3.33. The molecular formula is C19H24N4O5S. The first-order chi connectivity index (χ1) is 14.1. The van der Waals surface area contributed by atoms with Crippen molar-refractivity contribution in [1.82, 2.24) is 4.72 Å². The largest absolute Gasteiger partial charge is 0.489 e. The van der Waals surface area contributed by atoms with Crippen molar-refractivity contribution < 1.29 is 22.6 Å². The van der Waals surface area contributed by atoms with E-state index in [0.29, 0.717) is 32.2 Å². The van der Waals surface area contributed by atoms with Crippen LogP contribution in [0.25, 0.3) is 10.4 Å². The number of nitrogens with one attached hydrogen (secondary N) is 1. The zero-order chi connectivity index (χ0) is 20.8. The Morgan fingerprint density at radius 3 is 2.31 bits per heavy atom. The molecule has 2 rings (SSSR count). The summed E-state index contributed by atoms with van der Waals surface area (Å²) in [6, 6.07) is 16.0. The van der Waals surface area contributed by atoms with Gasteiger partial charge in [-0.25, -0.2) is 13.1 Å². The van der Waals surface area contributed by atoms with Gasteiger partial charge in [-0.1, -0.05) is 35.4 Å². The van der Waals surface area contributed by atoms with Gasteiger partial charge in [-0.05, 0) is 35.4 Å². The number of benzene rings is 2. The second-order valence-electron chi connectivity index (χ2n) is 5.82. The molecule has 0 amide bonds. The normalized spacial score (nSPS) is 11.0. The van der Waals surface area contributed by atoms with E-state index < -0.39 is 10.0 Å². The predicted molar refractivity (Wildman–Crippen MR) is 108 cm³/mol. The van der Waals surface area contributed by atoms with Gasteiger partial charge in [0.2, 0.25) is 10.0 Å². The molecule has 2 aromatic carbocycles. The average Bonchev–Trinajstić information content (AvgIpc) is 2.74. The monoisotopic (exact) mass is 420 g/mol. The maximum Gasteiger partial charge on any atom is 0.240 e. The summed E-state index contributed by atoms with van der Waals surface area (Å²) in [4.78, 5) is 2.77. The van der Waals surface area contributed by atoms with Gasteiger partial charge in [0.25, 0.3) is 0 Å². The highest BCUT2D eigenvalue weighted by atomic mass is 32.2. The molecule has 0 fully saturated rings.